The lowest BCUT2D eigenvalue weighted by Gasteiger charge is -2.28. The summed E-state index contributed by atoms with van der Waals surface area (Å²) in [6, 6.07) is 6.44. The van der Waals surface area contributed by atoms with Crippen LogP contribution in [0.4, 0.5) is 5.69 Å². The first kappa shape index (κ1) is 16.4. The fourth-order valence-electron chi connectivity index (χ4n) is 2.99. The molecule has 0 aliphatic carbocycles. The van der Waals surface area contributed by atoms with Gasteiger partial charge in [0.2, 0.25) is 0 Å². The zero-order valence-electron chi connectivity index (χ0n) is 13.7. The van der Waals surface area contributed by atoms with Gasteiger partial charge in [0, 0.05) is 29.1 Å². The summed E-state index contributed by atoms with van der Waals surface area (Å²) in [6.07, 6.45) is 0. The van der Waals surface area contributed by atoms with Crippen molar-refractivity contribution in [2.75, 3.05) is 18.8 Å². The number of hydrogen-bond donors (Lipinski definition) is 0. The molecule has 0 aromatic heterocycles. The molecule has 0 atom stereocenters. The molecule has 24 heavy (non-hydrogen) atoms. The fourth-order valence-corrected chi connectivity index (χ4v) is 5.37. The van der Waals surface area contributed by atoms with Crippen LogP contribution < -0.4 is 0 Å². The number of nitrogens with zero attached hydrogens (tertiary/aromatic N) is 4. The SMILES string of the molecule is CC(C)N1CCN=C1SCC1=CSC2=Nc3ccc(Cl)cc3CN12. The molecule has 1 aromatic rings. The molecule has 7 heteroatoms. The minimum atomic E-state index is 0.506. The van der Waals surface area contributed by atoms with E-state index in [-0.39, 0.29) is 0 Å². The van der Waals surface area contributed by atoms with Crippen LogP contribution >= 0.6 is 35.1 Å². The third-order valence-corrected chi connectivity index (χ3v) is 6.48. The van der Waals surface area contributed by atoms with Gasteiger partial charge in [-0.25, -0.2) is 4.99 Å². The van der Waals surface area contributed by atoms with E-state index in [2.05, 4.69) is 34.0 Å². The molecule has 0 spiro atoms. The third-order valence-electron chi connectivity index (χ3n) is 4.27. The number of benzene rings is 1. The highest BCUT2D eigenvalue weighted by atomic mass is 35.5. The first-order valence-corrected chi connectivity index (χ1v) is 10.3. The Morgan fingerprint density at radius 1 is 1.38 bits per heavy atom. The monoisotopic (exact) mass is 378 g/mol. The summed E-state index contributed by atoms with van der Waals surface area (Å²) in [5.41, 5.74) is 3.52. The number of rotatable bonds is 3. The largest absolute Gasteiger partial charge is 0.347 e. The zero-order valence-corrected chi connectivity index (χ0v) is 16.1. The van der Waals surface area contributed by atoms with E-state index in [4.69, 9.17) is 16.6 Å². The molecule has 0 unspecified atom stereocenters. The van der Waals surface area contributed by atoms with Crippen molar-refractivity contribution in [3.63, 3.8) is 0 Å². The first-order valence-electron chi connectivity index (χ1n) is 8.06. The summed E-state index contributed by atoms with van der Waals surface area (Å²) in [4.78, 5) is 14.1. The van der Waals surface area contributed by atoms with Crippen molar-refractivity contribution in [2.24, 2.45) is 9.98 Å². The van der Waals surface area contributed by atoms with Gasteiger partial charge in [-0.15, -0.1) is 0 Å². The van der Waals surface area contributed by atoms with Crippen LogP contribution in [-0.4, -0.2) is 45.0 Å². The van der Waals surface area contributed by atoms with E-state index >= 15 is 0 Å². The van der Waals surface area contributed by atoms with Crippen LogP contribution in [0.3, 0.4) is 0 Å². The second-order valence-electron chi connectivity index (χ2n) is 6.22. The molecule has 4 nitrogen and oxygen atoms in total. The van der Waals surface area contributed by atoms with Crippen LogP contribution in [-0.2, 0) is 6.54 Å². The Morgan fingerprint density at radius 2 is 2.25 bits per heavy atom. The highest BCUT2D eigenvalue weighted by Gasteiger charge is 2.29. The molecule has 0 radical (unpaired) electrons. The highest BCUT2D eigenvalue weighted by molar-refractivity contribution is 8.17. The first-order chi connectivity index (χ1) is 11.6. The van der Waals surface area contributed by atoms with Gasteiger partial charge in [0.05, 0.1) is 18.8 Å². The molecule has 0 saturated heterocycles. The quantitative estimate of drug-likeness (QED) is 0.772. The van der Waals surface area contributed by atoms with Crippen molar-refractivity contribution in [1.82, 2.24) is 9.80 Å². The van der Waals surface area contributed by atoms with Crippen molar-refractivity contribution >= 4 is 51.1 Å². The summed E-state index contributed by atoms with van der Waals surface area (Å²) in [5, 5.41) is 5.22. The van der Waals surface area contributed by atoms with Gasteiger partial charge in [-0.1, -0.05) is 35.1 Å². The van der Waals surface area contributed by atoms with Crippen LogP contribution in [0, 0.1) is 0 Å². The van der Waals surface area contributed by atoms with Gasteiger partial charge in [-0.3, -0.25) is 4.99 Å². The van der Waals surface area contributed by atoms with E-state index in [1.54, 1.807) is 11.8 Å². The van der Waals surface area contributed by atoms with Gasteiger partial charge in [-0.2, -0.15) is 0 Å². The molecule has 1 aromatic carbocycles. The average molecular weight is 379 g/mol. The van der Waals surface area contributed by atoms with E-state index in [0.717, 1.165) is 41.3 Å². The molecular formula is C17H19ClN4S2. The second kappa shape index (κ2) is 6.65. The van der Waals surface area contributed by atoms with Crippen LogP contribution in [0.1, 0.15) is 19.4 Å². The van der Waals surface area contributed by atoms with Gasteiger partial charge in [0.25, 0.3) is 0 Å². The topological polar surface area (TPSA) is 31.2 Å². The van der Waals surface area contributed by atoms with E-state index in [1.807, 2.05) is 30.0 Å². The Hall–Kier alpha value is -1.11. The summed E-state index contributed by atoms with van der Waals surface area (Å²) in [6.45, 7) is 7.24. The Kier molecular flexibility index (Phi) is 4.54. The maximum atomic E-state index is 6.14. The third kappa shape index (κ3) is 3.07. The predicted octanol–water partition coefficient (Wildman–Crippen LogP) is 4.54. The summed E-state index contributed by atoms with van der Waals surface area (Å²) < 4.78 is 0. The number of aliphatic imine (C=N–C) groups is 2. The van der Waals surface area contributed by atoms with Crippen molar-refractivity contribution in [3.8, 4) is 0 Å². The minimum absolute atomic E-state index is 0.506. The number of thioether (sulfide) groups is 2. The normalized spacial score (nSPS) is 19.2. The molecule has 3 heterocycles. The molecule has 126 valence electrons. The fraction of sp³-hybridized carbons (Fsp3) is 0.412. The van der Waals surface area contributed by atoms with Crippen molar-refractivity contribution in [2.45, 2.75) is 26.4 Å². The Morgan fingerprint density at radius 3 is 3.08 bits per heavy atom. The van der Waals surface area contributed by atoms with Crippen LogP contribution in [0.15, 0.2) is 39.3 Å². The molecule has 0 fully saturated rings. The van der Waals surface area contributed by atoms with Crippen molar-refractivity contribution in [3.05, 3.63) is 39.9 Å². The lowest BCUT2D eigenvalue weighted by molar-refractivity contribution is 0.386. The molecule has 0 N–H and O–H groups in total. The maximum Gasteiger partial charge on any atom is 0.173 e. The standard InChI is InChI=1S/C17H19ClN4S2/c1-11(2)21-6-5-19-16(21)23-9-14-10-24-17-20-15-4-3-13(18)7-12(15)8-22(14)17/h3-4,7,10-11H,5-6,8-9H2,1-2H3. The Balaban J connectivity index is 1.46. The number of fused-ring (bicyclic) bond motifs is 2. The average Bonchev–Trinajstić information content (AvgIpc) is 3.17. The van der Waals surface area contributed by atoms with Crippen LogP contribution in [0.2, 0.25) is 5.02 Å². The minimum Gasteiger partial charge on any atom is -0.347 e. The smallest absolute Gasteiger partial charge is 0.173 e. The molecule has 3 aliphatic heterocycles. The van der Waals surface area contributed by atoms with E-state index in [9.17, 15) is 0 Å². The summed E-state index contributed by atoms with van der Waals surface area (Å²) in [5.74, 6) is 0.921. The predicted molar refractivity (Wildman–Crippen MR) is 106 cm³/mol. The summed E-state index contributed by atoms with van der Waals surface area (Å²) in [7, 11) is 0. The van der Waals surface area contributed by atoms with E-state index < -0.39 is 0 Å². The molecule has 4 rings (SSSR count). The highest BCUT2D eigenvalue weighted by Crippen LogP contribution is 2.38. The van der Waals surface area contributed by atoms with Gasteiger partial charge in [-0.05, 0) is 43.0 Å². The summed E-state index contributed by atoms with van der Waals surface area (Å²) >= 11 is 9.67. The van der Waals surface area contributed by atoms with Crippen molar-refractivity contribution < 1.29 is 0 Å². The second-order valence-corrected chi connectivity index (χ2v) is 8.44. The van der Waals surface area contributed by atoms with Gasteiger partial charge in [0.1, 0.15) is 0 Å². The lowest BCUT2D eigenvalue weighted by atomic mass is 10.1. The number of amidine groups is 2. The molecular weight excluding hydrogens is 360 g/mol. The molecule has 3 aliphatic rings. The van der Waals surface area contributed by atoms with E-state index in [0.29, 0.717) is 6.04 Å². The number of hydrogen-bond acceptors (Lipinski definition) is 6. The van der Waals surface area contributed by atoms with Gasteiger partial charge in [0.15, 0.2) is 10.3 Å². The number of halogens is 1. The molecule has 0 bridgehead atoms. The van der Waals surface area contributed by atoms with E-state index in [1.165, 1.54) is 16.4 Å². The molecule has 0 amide bonds. The van der Waals surface area contributed by atoms with Gasteiger partial charge >= 0.3 is 0 Å². The van der Waals surface area contributed by atoms with Crippen molar-refractivity contribution in [1.29, 1.82) is 0 Å². The van der Waals surface area contributed by atoms with Crippen LogP contribution in [0.5, 0.6) is 0 Å². The van der Waals surface area contributed by atoms with Gasteiger partial charge < -0.3 is 9.80 Å². The Bertz CT molecular complexity index is 757. The lowest BCUT2D eigenvalue weighted by Crippen LogP contribution is -2.33. The molecule has 0 saturated carbocycles. The Labute approximate surface area is 156 Å². The maximum absolute atomic E-state index is 6.14. The zero-order chi connectivity index (χ0) is 16.7. The van der Waals surface area contributed by atoms with Crippen LogP contribution in [0.25, 0.3) is 0 Å².